The molecule has 0 saturated heterocycles. The molecule has 1 aliphatic rings. The monoisotopic (exact) mass is 747 g/mol. The normalized spacial score (nSPS) is 12.0. The predicted octanol–water partition coefficient (Wildman–Crippen LogP) is 8.73. The predicted molar refractivity (Wildman–Crippen MR) is 168 cm³/mol. The molecular formula is C37H22N5OPt-3. The van der Waals surface area contributed by atoms with Gasteiger partial charge < -0.3 is 18.8 Å². The third-order valence-electron chi connectivity index (χ3n) is 7.89. The van der Waals surface area contributed by atoms with Gasteiger partial charge in [0.05, 0.1) is 34.8 Å². The molecule has 44 heavy (non-hydrogen) atoms. The summed E-state index contributed by atoms with van der Waals surface area (Å²) in [6, 6.07) is 46.1. The summed E-state index contributed by atoms with van der Waals surface area (Å²) in [5, 5.41) is 7.22. The van der Waals surface area contributed by atoms with E-state index in [0.717, 1.165) is 56.7 Å². The van der Waals surface area contributed by atoms with Crippen LogP contribution in [0.15, 0.2) is 134 Å². The van der Waals surface area contributed by atoms with Gasteiger partial charge in [-0.2, -0.15) is 35.1 Å². The van der Waals surface area contributed by atoms with E-state index in [1.807, 2.05) is 76.2 Å². The first-order chi connectivity index (χ1) is 21.3. The van der Waals surface area contributed by atoms with E-state index in [1.54, 1.807) is 0 Å². The van der Waals surface area contributed by atoms with Crippen molar-refractivity contribution < 1.29 is 25.8 Å². The minimum absolute atomic E-state index is 0. The van der Waals surface area contributed by atoms with Crippen LogP contribution in [0.1, 0.15) is 0 Å². The van der Waals surface area contributed by atoms with Crippen molar-refractivity contribution >= 4 is 38.9 Å². The van der Waals surface area contributed by atoms with Crippen molar-refractivity contribution in [2.75, 3.05) is 4.90 Å². The fraction of sp³-hybridized carbons (Fsp3) is 0. The van der Waals surface area contributed by atoms with E-state index in [2.05, 4.69) is 94.7 Å². The SMILES string of the molecule is [Pt].[c-]1c(N2c3[c-]c(-n4[c-]ccc4)ccc3Oc3ccccc32)cccc1-n1cc(-n2c3ccccc3c3ccccc32)cn1. The molecule has 0 atom stereocenters. The van der Waals surface area contributed by atoms with Gasteiger partial charge in [0.2, 0.25) is 0 Å². The maximum Gasteiger partial charge on any atom is 0.134 e. The molecule has 5 aromatic carbocycles. The molecule has 0 radical (unpaired) electrons. The molecule has 0 bridgehead atoms. The molecule has 7 heteroatoms. The van der Waals surface area contributed by atoms with Gasteiger partial charge >= 0.3 is 0 Å². The number of hydrogen-bond acceptors (Lipinski definition) is 3. The number of anilines is 3. The molecule has 214 valence electrons. The Morgan fingerprint density at radius 3 is 2.18 bits per heavy atom. The van der Waals surface area contributed by atoms with Crippen LogP contribution in [-0.2, 0) is 21.1 Å². The van der Waals surface area contributed by atoms with Gasteiger partial charge in [0.25, 0.3) is 0 Å². The maximum absolute atomic E-state index is 6.30. The minimum atomic E-state index is 0. The molecule has 3 aromatic heterocycles. The minimum Gasteiger partial charge on any atom is -0.513 e. The second kappa shape index (κ2) is 10.4. The summed E-state index contributed by atoms with van der Waals surface area (Å²) in [4.78, 5) is 2.14. The molecule has 1 aliphatic heterocycles. The van der Waals surface area contributed by atoms with Gasteiger partial charge in [-0.1, -0.05) is 60.4 Å². The zero-order valence-corrected chi connectivity index (χ0v) is 25.4. The number of benzene rings is 5. The third kappa shape index (κ3) is 4.10. The van der Waals surface area contributed by atoms with E-state index in [9.17, 15) is 0 Å². The van der Waals surface area contributed by atoms with Crippen LogP contribution in [0.3, 0.4) is 0 Å². The molecule has 9 rings (SSSR count). The first kappa shape index (κ1) is 26.3. The molecule has 0 amide bonds. The van der Waals surface area contributed by atoms with E-state index in [1.165, 1.54) is 10.8 Å². The van der Waals surface area contributed by atoms with Crippen LogP contribution in [0, 0.1) is 18.3 Å². The summed E-state index contributed by atoms with van der Waals surface area (Å²) < 4.78 is 12.4. The van der Waals surface area contributed by atoms with Crippen molar-refractivity contribution in [2.24, 2.45) is 0 Å². The van der Waals surface area contributed by atoms with Gasteiger partial charge in [-0.3, -0.25) is 4.68 Å². The van der Waals surface area contributed by atoms with E-state index in [0.29, 0.717) is 0 Å². The molecule has 0 N–H and O–H groups in total. The van der Waals surface area contributed by atoms with Crippen molar-refractivity contribution in [2.45, 2.75) is 0 Å². The quantitative estimate of drug-likeness (QED) is 0.169. The second-order valence-electron chi connectivity index (χ2n) is 10.4. The average Bonchev–Trinajstić information content (AvgIpc) is 3.83. The Morgan fingerprint density at radius 1 is 0.636 bits per heavy atom. The van der Waals surface area contributed by atoms with Crippen LogP contribution in [0.5, 0.6) is 11.5 Å². The first-order valence-corrected chi connectivity index (χ1v) is 14.1. The van der Waals surface area contributed by atoms with Crippen molar-refractivity contribution in [3.8, 4) is 28.6 Å². The molecule has 0 spiro atoms. The summed E-state index contributed by atoms with van der Waals surface area (Å²) in [7, 11) is 0. The van der Waals surface area contributed by atoms with Gasteiger partial charge in [-0.05, 0) is 35.6 Å². The number of hydrogen-bond donors (Lipinski definition) is 0. The zero-order valence-electron chi connectivity index (χ0n) is 23.2. The molecule has 0 saturated carbocycles. The summed E-state index contributed by atoms with van der Waals surface area (Å²) >= 11 is 0. The standard InChI is InChI=1S/C37H22N5O.Pt/c1-3-14-32-30(12-1)31-13-2-4-15-33(31)42(32)29-24-38-40(25-29)27-10-9-11-28(22-27)41-34-16-5-6-17-36(34)43-37-19-18-26(23-35(37)41)39-20-7-8-21-39;/h1-20,24-25H;/q-3;. The molecule has 0 fully saturated rings. The summed E-state index contributed by atoms with van der Waals surface area (Å²) in [6.07, 6.45) is 9.13. The van der Waals surface area contributed by atoms with E-state index >= 15 is 0 Å². The summed E-state index contributed by atoms with van der Waals surface area (Å²) in [5.41, 5.74) is 7.55. The maximum atomic E-state index is 6.30. The third-order valence-corrected chi connectivity index (χ3v) is 7.89. The van der Waals surface area contributed by atoms with Gasteiger partial charge in [-0.15, -0.1) is 36.5 Å². The largest absolute Gasteiger partial charge is 0.513 e. The van der Waals surface area contributed by atoms with E-state index in [-0.39, 0.29) is 21.1 Å². The second-order valence-corrected chi connectivity index (χ2v) is 10.4. The summed E-state index contributed by atoms with van der Waals surface area (Å²) in [5.74, 6) is 1.50. The number of para-hydroxylation sites is 4. The van der Waals surface area contributed by atoms with Crippen LogP contribution >= 0.6 is 0 Å². The Hall–Kier alpha value is -5.32. The average molecular weight is 748 g/mol. The van der Waals surface area contributed by atoms with Crippen molar-refractivity contribution in [1.82, 2.24) is 18.9 Å². The van der Waals surface area contributed by atoms with Gasteiger partial charge in [-0.25, -0.2) is 0 Å². The number of aromatic nitrogens is 4. The zero-order chi connectivity index (χ0) is 28.3. The smallest absolute Gasteiger partial charge is 0.134 e. The van der Waals surface area contributed by atoms with Crippen LogP contribution < -0.4 is 9.64 Å². The number of ether oxygens (including phenoxy) is 1. The van der Waals surface area contributed by atoms with Crippen molar-refractivity contribution in [3.05, 3.63) is 152 Å². The van der Waals surface area contributed by atoms with Gasteiger partial charge in [0.1, 0.15) is 5.75 Å². The van der Waals surface area contributed by atoms with Gasteiger partial charge in [0.15, 0.2) is 0 Å². The fourth-order valence-corrected chi connectivity index (χ4v) is 5.98. The van der Waals surface area contributed by atoms with Crippen LogP contribution in [0.2, 0.25) is 0 Å². The van der Waals surface area contributed by atoms with Crippen LogP contribution in [0.25, 0.3) is 38.9 Å². The molecular weight excluding hydrogens is 726 g/mol. The van der Waals surface area contributed by atoms with Crippen LogP contribution in [-0.4, -0.2) is 18.9 Å². The Morgan fingerprint density at radius 2 is 1.39 bits per heavy atom. The number of rotatable bonds is 4. The first-order valence-electron chi connectivity index (χ1n) is 14.1. The van der Waals surface area contributed by atoms with Crippen molar-refractivity contribution in [3.63, 3.8) is 0 Å². The van der Waals surface area contributed by atoms with Crippen LogP contribution in [0.4, 0.5) is 17.1 Å². The fourth-order valence-electron chi connectivity index (χ4n) is 5.98. The summed E-state index contributed by atoms with van der Waals surface area (Å²) in [6.45, 7) is 0. The number of nitrogens with zero attached hydrogens (tertiary/aromatic N) is 5. The molecule has 0 aliphatic carbocycles. The molecule has 0 unspecified atom stereocenters. The Bertz CT molecular complexity index is 2250. The Kier molecular flexibility index (Phi) is 6.24. The molecule has 6 nitrogen and oxygen atoms in total. The Balaban J connectivity index is 0.00000289. The van der Waals surface area contributed by atoms with E-state index < -0.39 is 0 Å². The molecule has 4 heterocycles. The van der Waals surface area contributed by atoms with Gasteiger partial charge in [0, 0.05) is 37.6 Å². The molecule has 8 aromatic rings. The number of fused-ring (bicyclic) bond motifs is 5. The van der Waals surface area contributed by atoms with E-state index in [4.69, 9.17) is 9.84 Å². The Labute approximate surface area is 268 Å². The topological polar surface area (TPSA) is 40.1 Å². The van der Waals surface area contributed by atoms with Crippen molar-refractivity contribution in [1.29, 1.82) is 0 Å².